The van der Waals surface area contributed by atoms with Crippen LogP contribution in [0.1, 0.15) is 16.6 Å². The number of hydrogen-bond donors (Lipinski definition) is 1. The van der Waals surface area contributed by atoms with Gasteiger partial charge in [-0.3, -0.25) is 4.79 Å². The van der Waals surface area contributed by atoms with Gasteiger partial charge in [0.2, 0.25) is 5.75 Å². The minimum Gasteiger partial charge on any atom is -0.476 e. The highest BCUT2D eigenvalue weighted by Crippen LogP contribution is 2.35. The molecule has 30 heavy (non-hydrogen) atoms. The molecule has 1 aromatic carbocycles. The molecule has 10 heteroatoms. The van der Waals surface area contributed by atoms with E-state index in [2.05, 4.69) is 10.3 Å². The van der Waals surface area contributed by atoms with E-state index in [9.17, 15) is 19.7 Å². The summed E-state index contributed by atoms with van der Waals surface area (Å²) in [5, 5.41) is 13.6. The maximum atomic E-state index is 12.4. The molecule has 9 nitrogen and oxygen atoms in total. The zero-order chi connectivity index (χ0) is 21.5. The summed E-state index contributed by atoms with van der Waals surface area (Å²) in [5.41, 5.74) is 1.17. The van der Waals surface area contributed by atoms with E-state index in [1.54, 1.807) is 13.0 Å². The van der Waals surface area contributed by atoms with Gasteiger partial charge in [0, 0.05) is 4.88 Å². The molecule has 3 aromatic rings. The fourth-order valence-electron chi connectivity index (χ4n) is 2.54. The van der Waals surface area contributed by atoms with E-state index in [4.69, 9.17) is 9.47 Å². The molecular weight excluding hydrogens is 410 g/mol. The van der Waals surface area contributed by atoms with Crippen molar-refractivity contribution in [1.29, 1.82) is 0 Å². The largest absolute Gasteiger partial charge is 0.476 e. The summed E-state index contributed by atoms with van der Waals surface area (Å²) >= 11 is 1.19. The summed E-state index contributed by atoms with van der Waals surface area (Å²) in [6, 6.07) is 13.9. The first kappa shape index (κ1) is 20.9. The van der Waals surface area contributed by atoms with Gasteiger partial charge in [-0.2, -0.15) is 0 Å². The van der Waals surface area contributed by atoms with Crippen molar-refractivity contribution < 1.29 is 24.0 Å². The number of rotatable bonds is 8. The van der Waals surface area contributed by atoms with Gasteiger partial charge in [0.1, 0.15) is 11.1 Å². The number of pyridine rings is 1. The Bertz CT molecular complexity index is 1070. The fourth-order valence-corrected chi connectivity index (χ4v) is 3.55. The Hall–Kier alpha value is -3.79. The molecule has 0 spiro atoms. The van der Waals surface area contributed by atoms with E-state index in [1.165, 1.54) is 29.7 Å². The molecule has 0 radical (unpaired) electrons. The van der Waals surface area contributed by atoms with Crippen LogP contribution in [0.4, 0.5) is 11.5 Å². The number of nitrogens with one attached hydrogen (secondary N) is 1. The molecule has 154 valence electrons. The number of aromatic nitrogens is 1. The average molecular weight is 427 g/mol. The minimum atomic E-state index is -0.697. The molecule has 0 aliphatic carbocycles. The molecule has 0 saturated carbocycles. The number of carbonyl (C=O) groups is 2. The highest BCUT2D eigenvalue weighted by Gasteiger charge is 2.21. The highest BCUT2D eigenvalue weighted by atomic mass is 32.1. The van der Waals surface area contributed by atoms with Crippen molar-refractivity contribution in [3.63, 3.8) is 0 Å². The number of anilines is 1. The first-order chi connectivity index (χ1) is 14.5. The van der Waals surface area contributed by atoms with Crippen molar-refractivity contribution in [3.05, 3.63) is 69.7 Å². The standard InChI is InChI=1S/C20H17N3O6S/c1-2-28-20(25)18-14(11-16(30-18)13-7-4-3-5-8-13)22-17(24)12-29-15-9-6-10-21-19(15)23(26)27/h3-11H,2,12H2,1H3,(H,22,24). The van der Waals surface area contributed by atoms with Gasteiger partial charge in [-0.15, -0.1) is 11.3 Å². The molecular formula is C20H17N3O6S. The lowest BCUT2D eigenvalue weighted by Gasteiger charge is -2.08. The van der Waals surface area contributed by atoms with Crippen LogP contribution in [-0.2, 0) is 9.53 Å². The lowest BCUT2D eigenvalue weighted by molar-refractivity contribution is -0.390. The maximum Gasteiger partial charge on any atom is 0.406 e. The number of hydrogen-bond acceptors (Lipinski definition) is 8. The normalized spacial score (nSPS) is 10.3. The van der Waals surface area contributed by atoms with Crippen molar-refractivity contribution in [2.45, 2.75) is 6.92 Å². The van der Waals surface area contributed by atoms with Crippen molar-refractivity contribution in [3.8, 4) is 16.2 Å². The Labute approximate surface area is 175 Å². The molecule has 0 unspecified atom stereocenters. The molecule has 0 aliphatic heterocycles. The third-order valence-electron chi connectivity index (χ3n) is 3.81. The van der Waals surface area contributed by atoms with Crippen LogP contribution in [0, 0.1) is 10.1 Å². The van der Waals surface area contributed by atoms with E-state index >= 15 is 0 Å². The molecule has 0 atom stereocenters. The Morgan fingerprint density at radius 3 is 2.67 bits per heavy atom. The second kappa shape index (κ2) is 9.61. The van der Waals surface area contributed by atoms with Crippen molar-refractivity contribution in [1.82, 2.24) is 4.98 Å². The average Bonchev–Trinajstić information content (AvgIpc) is 3.17. The number of thiophene rings is 1. The molecule has 2 heterocycles. The molecule has 0 fully saturated rings. The highest BCUT2D eigenvalue weighted by molar-refractivity contribution is 7.18. The van der Waals surface area contributed by atoms with Crippen LogP contribution in [0.5, 0.6) is 5.75 Å². The van der Waals surface area contributed by atoms with Gasteiger partial charge in [0.05, 0.1) is 12.3 Å². The van der Waals surface area contributed by atoms with Gasteiger partial charge in [0.25, 0.3) is 5.91 Å². The zero-order valence-corrected chi connectivity index (χ0v) is 16.7. The molecule has 3 rings (SSSR count). The van der Waals surface area contributed by atoms with Crippen molar-refractivity contribution in [2.24, 2.45) is 0 Å². The topological polar surface area (TPSA) is 121 Å². The number of amides is 1. The number of nitrogens with zero attached hydrogens (tertiary/aromatic N) is 2. The smallest absolute Gasteiger partial charge is 0.406 e. The summed E-state index contributed by atoms with van der Waals surface area (Å²) in [6.07, 6.45) is 1.26. The summed E-state index contributed by atoms with van der Waals surface area (Å²) in [7, 11) is 0. The molecule has 1 amide bonds. The fraction of sp³-hybridized carbons (Fsp3) is 0.150. The van der Waals surface area contributed by atoms with Crippen LogP contribution in [0.3, 0.4) is 0 Å². The summed E-state index contributed by atoms with van der Waals surface area (Å²) in [6.45, 7) is 1.39. The Morgan fingerprint density at radius 2 is 1.97 bits per heavy atom. The van der Waals surface area contributed by atoms with Crippen molar-refractivity contribution >= 4 is 34.7 Å². The van der Waals surface area contributed by atoms with Crippen LogP contribution in [-0.4, -0.2) is 35.0 Å². The molecule has 0 aliphatic rings. The van der Waals surface area contributed by atoms with Crippen molar-refractivity contribution in [2.75, 3.05) is 18.5 Å². The number of nitro groups is 1. The predicted octanol–water partition coefficient (Wildman–Crippen LogP) is 3.91. The van der Waals surface area contributed by atoms with Crippen LogP contribution < -0.4 is 10.1 Å². The summed E-state index contributed by atoms with van der Waals surface area (Å²) < 4.78 is 10.3. The lowest BCUT2D eigenvalue weighted by Crippen LogP contribution is -2.21. The number of carbonyl (C=O) groups excluding carboxylic acids is 2. The molecule has 0 saturated heterocycles. The minimum absolute atomic E-state index is 0.126. The summed E-state index contributed by atoms with van der Waals surface area (Å²) in [5.74, 6) is -1.75. The van der Waals surface area contributed by atoms with Crippen LogP contribution in [0.15, 0.2) is 54.7 Å². The van der Waals surface area contributed by atoms with Crippen LogP contribution >= 0.6 is 11.3 Å². The van der Waals surface area contributed by atoms with E-state index in [1.807, 2.05) is 30.3 Å². The predicted molar refractivity (Wildman–Crippen MR) is 111 cm³/mol. The summed E-state index contributed by atoms with van der Waals surface area (Å²) in [4.78, 5) is 39.6. The Kier molecular flexibility index (Phi) is 6.71. The van der Waals surface area contributed by atoms with Gasteiger partial charge in [-0.1, -0.05) is 30.3 Å². The molecule has 2 aromatic heterocycles. The van der Waals surface area contributed by atoms with Gasteiger partial charge in [-0.05, 0) is 40.6 Å². The van der Waals surface area contributed by atoms with Gasteiger partial charge < -0.3 is 24.9 Å². The van der Waals surface area contributed by atoms with Gasteiger partial charge >= 0.3 is 11.8 Å². The number of esters is 1. The number of benzene rings is 1. The van der Waals surface area contributed by atoms with E-state index in [0.717, 1.165) is 10.4 Å². The Balaban J connectivity index is 1.78. The first-order valence-electron chi connectivity index (χ1n) is 8.88. The lowest BCUT2D eigenvalue weighted by atomic mass is 10.2. The molecule has 1 N–H and O–H groups in total. The number of ether oxygens (including phenoxy) is 2. The molecule has 0 bridgehead atoms. The second-order valence-electron chi connectivity index (χ2n) is 5.86. The van der Waals surface area contributed by atoms with Crippen LogP contribution in [0.25, 0.3) is 10.4 Å². The second-order valence-corrected chi connectivity index (χ2v) is 6.91. The van der Waals surface area contributed by atoms with E-state index in [0.29, 0.717) is 0 Å². The maximum absolute atomic E-state index is 12.4. The quantitative estimate of drug-likeness (QED) is 0.329. The first-order valence-corrected chi connectivity index (χ1v) is 9.69. The monoisotopic (exact) mass is 427 g/mol. The SMILES string of the molecule is CCOC(=O)c1sc(-c2ccccc2)cc1NC(=O)COc1cccnc1[N+](=O)[O-]. The zero-order valence-electron chi connectivity index (χ0n) is 15.9. The van der Waals surface area contributed by atoms with Gasteiger partial charge in [0.15, 0.2) is 6.61 Å². The van der Waals surface area contributed by atoms with E-state index < -0.39 is 29.2 Å². The van der Waals surface area contributed by atoms with E-state index in [-0.39, 0.29) is 22.9 Å². The van der Waals surface area contributed by atoms with Crippen LogP contribution in [0.2, 0.25) is 0 Å². The Morgan fingerprint density at radius 1 is 1.20 bits per heavy atom. The third-order valence-corrected chi connectivity index (χ3v) is 4.97. The van der Waals surface area contributed by atoms with Gasteiger partial charge in [-0.25, -0.2) is 4.79 Å². The third kappa shape index (κ3) is 4.97.